The average Bonchev–Trinajstić information content (AvgIpc) is 2.92. The van der Waals surface area contributed by atoms with Crippen LogP contribution in [0, 0.1) is 6.92 Å². The number of aromatic hydroxyl groups is 1. The fourth-order valence-corrected chi connectivity index (χ4v) is 3.49. The first-order valence-electron chi connectivity index (χ1n) is 6.56. The zero-order chi connectivity index (χ0) is 16.8. The number of aromatic nitrogens is 2. The van der Waals surface area contributed by atoms with Crippen LogP contribution < -0.4 is 0 Å². The minimum Gasteiger partial charge on any atom is -0.506 e. The van der Waals surface area contributed by atoms with Gasteiger partial charge < -0.3 is 10.2 Å². The highest BCUT2D eigenvalue weighted by molar-refractivity contribution is 7.90. The van der Waals surface area contributed by atoms with E-state index in [4.69, 9.17) is 5.11 Å². The highest BCUT2D eigenvalue weighted by Crippen LogP contribution is 2.28. The molecule has 0 saturated carbocycles. The zero-order valence-corrected chi connectivity index (χ0v) is 12.8. The molecule has 3 aromatic rings. The van der Waals surface area contributed by atoms with Gasteiger partial charge in [-0.05, 0) is 31.2 Å². The first kappa shape index (κ1) is 15.0. The monoisotopic (exact) mass is 332 g/mol. The Morgan fingerprint density at radius 1 is 1.17 bits per heavy atom. The Morgan fingerprint density at radius 2 is 1.83 bits per heavy atom. The third-order valence-corrected chi connectivity index (χ3v) is 5.10. The molecule has 8 heteroatoms. The van der Waals surface area contributed by atoms with Crippen molar-refractivity contribution in [3.05, 3.63) is 53.9 Å². The Balaban J connectivity index is 2.27. The lowest BCUT2D eigenvalue weighted by Crippen LogP contribution is -2.12. The van der Waals surface area contributed by atoms with E-state index in [-0.39, 0.29) is 21.5 Å². The van der Waals surface area contributed by atoms with Crippen molar-refractivity contribution in [1.82, 2.24) is 8.96 Å². The molecule has 0 saturated heterocycles. The third kappa shape index (κ3) is 2.42. The van der Waals surface area contributed by atoms with Gasteiger partial charge in [0.2, 0.25) is 0 Å². The minimum atomic E-state index is -3.95. The van der Waals surface area contributed by atoms with Gasteiger partial charge in [-0.25, -0.2) is 22.2 Å². The lowest BCUT2D eigenvalue weighted by atomic mass is 10.2. The van der Waals surface area contributed by atoms with Crippen molar-refractivity contribution in [2.45, 2.75) is 11.8 Å². The fraction of sp³-hybridized carbons (Fsp3) is 0.0667. The number of hydrogen-bond acceptors (Lipinski definition) is 5. The summed E-state index contributed by atoms with van der Waals surface area (Å²) >= 11 is 0. The second-order valence-electron chi connectivity index (χ2n) is 5.03. The van der Waals surface area contributed by atoms with Crippen LogP contribution in [0.4, 0.5) is 0 Å². The number of rotatable bonds is 3. The van der Waals surface area contributed by atoms with Crippen LogP contribution in [0.15, 0.2) is 47.6 Å². The summed E-state index contributed by atoms with van der Waals surface area (Å²) in [5.41, 5.74) is 0.703. The molecule has 0 bridgehead atoms. The van der Waals surface area contributed by atoms with Gasteiger partial charge in [0.1, 0.15) is 17.6 Å². The summed E-state index contributed by atoms with van der Waals surface area (Å²) < 4.78 is 26.3. The highest BCUT2D eigenvalue weighted by Gasteiger charge is 2.22. The second-order valence-corrected chi connectivity index (χ2v) is 6.84. The maximum atomic E-state index is 12.7. The maximum absolute atomic E-state index is 12.7. The smallest absolute Gasteiger partial charge is 0.335 e. The number of benzene rings is 2. The van der Waals surface area contributed by atoms with E-state index in [1.165, 1.54) is 12.1 Å². The summed E-state index contributed by atoms with van der Waals surface area (Å²) in [6.07, 6.45) is 1.05. The molecular weight excluding hydrogens is 320 g/mol. The molecule has 0 amide bonds. The molecule has 0 aliphatic heterocycles. The van der Waals surface area contributed by atoms with Crippen LogP contribution >= 0.6 is 0 Å². The van der Waals surface area contributed by atoms with Crippen LogP contribution in [-0.4, -0.2) is 33.6 Å². The predicted octanol–water partition coefficient (Wildman–Crippen LogP) is 1.99. The highest BCUT2D eigenvalue weighted by atomic mass is 32.2. The van der Waals surface area contributed by atoms with Gasteiger partial charge in [-0.3, -0.25) is 0 Å². The number of nitrogens with zero attached hydrogens (tertiary/aromatic N) is 2. The molecule has 7 nitrogen and oxygen atoms in total. The molecule has 3 rings (SSSR count). The number of carboxylic acids is 1. The van der Waals surface area contributed by atoms with Crippen LogP contribution in [0.2, 0.25) is 0 Å². The molecule has 0 aliphatic rings. The number of aromatic carboxylic acids is 1. The molecule has 1 aromatic heterocycles. The van der Waals surface area contributed by atoms with Gasteiger partial charge in [0.15, 0.2) is 0 Å². The third-order valence-electron chi connectivity index (χ3n) is 3.42. The van der Waals surface area contributed by atoms with E-state index in [1.807, 2.05) is 6.92 Å². The Bertz CT molecular complexity index is 1020. The van der Waals surface area contributed by atoms with Gasteiger partial charge in [-0.15, -0.1) is 0 Å². The van der Waals surface area contributed by atoms with Crippen molar-refractivity contribution in [1.29, 1.82) is 0 Å². The number of carbonyl (C=O) groups is 1. The molecule has 0 aliphatic carbocycles. The lowest BCUT2D eigenvalue weighted by molar-refractivity contribution is 0.0696. The van der Waals surface area contributed by atoms with Crippen molar-refractivity contribution >= 4 is 27.0 Å². The minimum absolute atomic E-state index is 0.00275. The van der Waals surface area contributed by atoms with Crippen LogP contribution in [0.5, 0.6) is 5.75 Å². The van der Waals surface area contributed by atoms with Gasteiger partial charge in [-0.2, -0.15) is 0 Å². The van der Waals surface area contributed by atoms with Crippen molar-refractivity contribution in [2.24, 2.45) is 0 Å². The zero-order valence-electron chi connectivity index (χ0n) is 12.0. The van der Waals surface area contributed by atoms with Crippen molar-refractivity contribution in [2.75, 3.05) is 0 Å². The summed E-state index contributed by atoms with van der Waals surface area (Å²) in [5.74, 6) is -1.67. The molecule has 23 heavy (non-hydrogen) atoms. The van der Waals surface area contributed by atoms with E-state index >= 15 is 0 Å². The molecule has 0 radical (unpaired) electrons. The normalized spacial score (nSPS) is 11.7. The van der Waals surface area contributed by atoms with Crippen LogP contribution in [0.1, 0.15) is 15.9 Å². The Hall–Kier alpha value is -2.87. The molecule has 0 fully saturated rings. The number of phenols is 1. The van der Waals surface area contributed by atoms with E-state index in [9.17, 15) is 18.3 Å². The SMILES string of the molecule is Cc1ccc(S(=O)(=O)n2cnc3c(O)cc(C(=O)O)cc32)cc1. The van der Waals surface area contributed by atoms with E-state index in [0.717, 1.165) is 28.0 Å². The molecular formula is C15H12N2O5S. The van der Waals surface area contributed by atoms with Crippen molar-refractivity contribution in [3.63, 3.8) is 0 Å². The molecule has 2 N–H and O–H groups in total. The van der Waals surface area contributed by atoms with Crippen molar-refractivity contribution < 1.29 is 23.4 Å². The largest absolute Gasteiger partial charge is 0.506 e. The summed E-state index contributed by atoms with van der Waals surface area (Å²) in [7, 11) is -3.95. The van der Waals surface area contributed by atoms with Crippen LogP contribution in [-0.2, 0) is 10.0 Å². The standard InChI is InChI=1S/C15H12N2O5S/c1-9-2-4-11(5-3-9)23(21,22)17-8-16-14-12(17)6-10(15(19)20)7-13(14)18/h2-8,18H,1H3,(H,19,20). The van der Waals surface area contributed by atoms with E-state index in [1.54, 1.807) is 12.1 Å². The van der Waals surface area contributed by atoms with Gasteiger partial charge >= 0.3 is 5.97 Å². The van der Waals surface area contributed by atoms with Crippen molar-refractivity contribution in [3.8, 4) is 5.75 Å². The number of imidazole rings is 1. The first-order valence-corrected chi connectivity index (χ1v) is 8.00. The summed E-state index contributed by atoms with van der Waals surface area (Å²) in [6, 6.07) is 8.42. The van der Waals surface area contributed by atoms with Gasteiger partial charge in [0, 0.05) is 0 Å². The van der Waals surface area contributed by atoms with E-state index in [2.05, 4.69) is 4.98 Å². The second kappa shape index (κ2) is 5.10. The first-order chi connectivity index (χ1) is 10.8. The topological polar surface area (TPSA) is 109 Å². The Morgan fingerprint density at radius 3 is 2.43 bits per heavy atom. The lowest BCUT2D eigenvalue weighted by Gasteiger charge is -2.07. The number of hydrogen-bond donors (Lipinski definition) is 2. The molecule has 2 aromatic carbocycles. The average molecular weight is 332 g/mol. The Kier molecular flexibility index (Phi) is 3.33. The molecule has 1 heterocycles. The van der Waals surface area contributed by atoms with E-state index < -0.39 is 21.7 Å². The van der Waals surface area contributed by atoms with Gasteiger partial charge in [-0.1, -0.05) is 17.7 Å². The molecule has 118 valence electrons. The number of phenolic OH excluding ortho intramolecular Hbond substituents is 1. The summed E-state index contributed by atoms with van der Waals surface area (Å²) in [5, 5.41) is 18.9. The maximum Gasteiger partial charge on any atom is 0.335 e. The number of carboxylic acid groups (broad SMARTS) is 1. The predicted molar refractivity (Wildman–Crippen MR) is 82.1 cm³/mol. The molecule has 0 spiro atoms. The number of fused-ring (bicyclic) bond motifs is 1. The summed E-state index contributed by atoms with van der Waals surface area (Å²) in [6.45, 7) is 1.83. The molecule has 0 atom stereocenters. The van der Waals surface area contributed by atoms with E-state index in [0.29, 0.717) is 0 Å². The molecule has 0 unspecified atom stereocenters. The van der Waals surface area contributed by atoms with Gasteiger partial charge in [0.05, 0.1) is 16.0 Å². The fourth-order valence-electron chi connectivity index (χ4n) is 2.22. The Labute approximate surface area is 131 Å². The van der Waals surface area contributed by atoms with Gasteiger partial charge in [0.25, 0.3) is 10.0 Å². The number of aryl methyl sites for hydroxylation is 1. The van der Waals surface area contributed by atoms with Crippen LogP contribution in [0.3, 0.4) is 0 Å². The van der Waals surface area contributed by atoms with Crippen LogP contribution in [0.25, 0.3) is 11.0 Å². The summed E-state index contributed by atoms with van der Waals surface area (Å²) in [4.78, 5) is 15.0. The quantitative estimate of drug-likeness (QED) is 0.759.